The Hall–Kier alpha value is -3.27. The molecule has 10 heteroatoms. The van der Waals surface area contributed by atoms with Crippen molar-refractivity contribution in [3.63, 3.8) is 0 Å². The van der Waals surface area contributed by atoms with Gasteiger partial charge in [-0.2, -0.15) is 5.10 Å². The fourth-order valence-electron chi connectivity index (χ4n) is 3.67. The van der Waals surface area contributed by atoms with Gasteiger partial charge >= 0.3 is 0 Å². The molecule has 1 fully saturated rings. The molecule has 1 aliphatic heterocycles. The normalized spacial score (nSPS) is 14.0. The van der Waals surface area contributed by atoms with Crippen molar-refractivity contribution in [3.05, 3.63) is 53.0 Å². The smallest absolute Gasteiger partial charge is 0.228 e. The molecule has 170 valence electrons. The number of halogens is 2. The number of aryl methyl sites for hydroxylation is 1. The maximum atomic E-state index is 14.6. The molecule has 8 nitrogen and oxygen atoms in total. The third-order valence-electron chi connectivity index (χ3n) is 5.41. The van der Waals surface area contributed by atoms with E-state index in [2.05, 4.69) is 30.4 Å². The highest BCUT2D eigenvalue weighted by atomic mass is 19.1. The predicted molar refractivity (Wildman–Crippen MR) is 115 cm³/mol. The number of ether oxygens (including phenoxy) is 2. The van der Waals surface area contributed by atoms with Crippen molar-refractivity contribution < 1.29 is 18.3 Å². The van der Waals surface area contributed by atoms with Gasteiger partial charge in [0.05, 0.1) is 30.8 Å². The van der Waals surface area contributed by atoms with Gasteiger partial charge in [0.15, 0.2) is 17.3 Å². The topological polar surface area (TPSA) is 88.2 Å². The standard InChI is InChI=1S/C22H26F2N6O2/c1-3-14-8-18(31-2)21(24)17(20(14)23)13-32-16-10-25-22(26-11-16)27-19-9-15(28-29-19)12-30-6-4-5-7-30/h8-11H,3-7,12-13H2,1-2H3,(H2,25,26,27,28,29). The van der Waals surface area contributed by atoms with Crippen LogP contribution in [0, 0.1) is 11.6 Å². The van der Waals surface area contributed by atoms with Gasteiger partial charge in [-0.05, 0) is 44.0 Å². The van der Waals surface area contributed by atoms with E-state index in [1.807, 2.05) is 6.07 Å². The number of likely N-dealkylation sites (tertiary alicyclic amines) is 1. The molecule has 1 aromatic carbocycles. The first kappa shape index (κ1) is 21.9. The molecule has 1 saturated heterocycles. The molecule has 0 spiro atoms. The molecule has 4 rings (SSSR count). The summed E-state index contributed by atoms with van der Waals surface area (Å²) >= 11 is 0. The lowest BCUT2D eigenvalue weighted by atomic mass is 10.1. The molecule has 0 aliphatic carbocycles. The average molecular weight is 444 g/mol. The molecular formula is C22H26F2N6O2. The molecule has 0 bridgehead atoms. The number of rotatable bonds is 9. The summed E-state index contributed by atoms with van der Waals surface area (Å²) in [6, 6.07) is 3.29. The van der Waals surface area contributed by atoms with E-state index in [9.17, 15) is 8.78 Å². The second kappa shape index (κ2) is 9.90. The number of aromatic amines is 1. The summed E-state index contributed by atoms with van der Waals surface area (Å²) in [4.78, 5) is 10.7. The monoisotopic (exact) mass is 444 g/mol. The Bertz CT molecular complexity index is 1020. The molecule has 0 radical (unpaired) electrons. The Labute approximate surface area is 185 Å². The number of hydrogen-bond donors (Lipinski definition) is 2. The SMILES string of the molecule is CCc1cc(OC)c(F)c(COc2cnc(Nc3cc(CN4CCCC4)n[nH]3)nc2)c1F. The lowest BCUT2D eigenvalue weighted by molar-refractivity contribution is 0.285. The summed E-state index contributed by atoms with van der Waals surface area (Å²) in [5, 5.41) is 10.3. The first-order valence-electron chi connectivity index (χ1n) is 10.6. The van der Waals surface area contributed by atoms with E-state index in [0.29, 0.717) is 23.8 Å². The summed E-state index contributed by atoms with van der Waals surface area (Å²) in [5.74, 6) is -0.101. The van der Waals surface area contributed by atoms with Crippen LogP contribution >= 0.6 is 0 Å². The van der Waals surface area contributed by atoms with Crippen LogP contribution in [0.5, 0.6) is 11.5 Å². The number of anilines is 2. The highest BCUT2D eigenvalue weighted by Gasteiger charge is 2.19. The van der Waals surface area contributed by atoms with Gasteiger partial charge in [0.25, 0.3) is 0 Å². The maximum Gasteiger partial charge on any atom is 0.228 e. The average Bonchev–Trinajstić information content (AvgIpc) is 3.47. The van der Waals surface area contributed by atoms with E-state index >= 15 is 0 Å². The molecule has 3 heterocycles. The minimum Gasteiger partial charge on any atom is -0.494 e. The second-order valence-electron chi connectivity index (χ2n) is 7.61. The van der Waals surface area contributed by atoms with E-state index in [0.717, 1.165) is 25.3 Å². The van der Waals surface area contributed by atoms with Gasteiger partial charge in [0.1, 0.15) is 18.2 Å². The lowest BCUT2D eigenvalue weighted by Crippen LogP contribution is -2.18. The van der Waals surface area contributed by atoms with Gasteiger partial charge in [-0.1, -0.05) is 6.92 Å². The van der Waals surface area contributed by atoms with Gasteiger partial charge < -0.3 is 14.8 Å². The molecule has 0 unspecified atom stereocenters. The van der Waals surface area contributed by atoms with Gasteiger partial charge in [0.2, 0.25) is 5.95 Å². The highest BCUT2D eigenvalue weighted by Crippen LogP contribution is 2.28. The number of hydrogen-bond acceptors (Lipinski definition) is 7. The molecule has 0 amide bonds. The molecule has 32 heavy (non-hydrogen) atoms. The van der Waals surface area contributed by atoms with E-state index in [4.69, 9.17) is 9.47 Å². The number of H-pyrrole nitrogens is 1. The Morgan fingerprint density at radius 1 is 1.12 bits per heavy atom. The zero-order valence-corrected chi connectivity index (χ0v) is 18.1. The second-order valence-corrected chi connectivity index (χ2v) is 7.61. The Kier molecular flexibility index (Phi) is 6.79. The van der Waals surface area contributed by atoms with Crippen molar-refractivity contribution in [1.82, 2.24) is 25.1 Å². The van der Waals surface area contributed by atoms with Crippen LogP contribution < -0.4 is 14.8 Å². The first-order valence-corrected chi connectivity index (χ1v) is 10.6. The molecule has 3 aromatic rings. The van der Waals surface area contributed by atoms with Gasteiger partial charge in [-0.25, -0.2) is 18.7 Å². The Morgan fingerprint density at radius 3 is 2.56 bits per heavy atom. The van der Waals surface area contributed by atoms with E-state index in [1.54, 1.807) is 6.92 Å². The maximum absolute atomic E-state index is 14.6. The quantitative estimate of drug-likeness (QED) is 0.516. The zero-order chi connectivity index (χ0) is 22.5. The van der Waals surface area contributed by atoms with Gasteiger partial charge in [-0.3, -0.25) is 10.00 Å². The number of aromatic nitrogens is 4. The number of nitrogens with zero attached hydrogens (tertiary/aromatic N) is 4. The predicted octanol–water partition coefficient (Wildman–Crippen LogP) is 3.97. The lowest BCUT2D eigenvalue weighted by Gasteiger charge is -2.13. The van der Waals surface area contributed by atoms with Crippen LogP contribution in [-0.4, -0.2) is 45.3 Å². The molecule has 0 atom stereocenters. The number of nitrogens with one attached hydrogen (secondary N) is 2. The van der Waals surface area contributed by atoms with Crippen LogP contribution in [0.1, 0.15) is 36.6 Å². The molecule has 2 N–H and O–H groups in total. The Balaban J connectivity index is 1.37. The van der Waals surface area contributed by atoms with Crippen LogP contribution in [0.3, 0.4) is 0 Å². The third kappa shape index (κ3) is 4.96. The number of methoxy groups -OCH3 is 1. The molecule has 0 saturated carbocycles. The van der Waals surface area contributed by atoms with E-state index < -0.39 is 11.6 Å². The van der Waals surface area contributed by atoms with Crippen LogP contribution in [0.4, 0.5) is 20.5 Å². The van der Waals surface area contributed by atoms with E-state index in [1.165, 1.54) is 38.4 Å². The van der Waals surface area contributed by atoms with Crippen LogP contribution in [0.2, 0.25) is 0 Å². The van der Waals surface area contributed by atoms with Crippen molar-refractivity contribution in [2.75, 3.05) is 25.5 Å². The largest absolute Gasteiger partial charge is 0.494 e. The minimum atomic E-state index is -0.773. The molecular weight excluding hydrogens is 418 g/mol. The van der Waals surface area contributed by atoms with Crippen LogP contribution in [-0.2, 0) is 19.6 Å². The van der Waals surface area contributed by atoms with Crippen LogP contribution in [0.25, 0.3) is 0 Å². The Morgan fingerprint density at radius 2 is 1.88 bits per heavy atom. The van der Waals surface area contributed by atoms with Gasteiger partial charge in [0, 0.05) is 12.6 Å². The molecule has 1 aliphatic rings. The zero-order valence-electron chi connectivity index (χ0n) is 18.1. The minimum absolute atomic E-state index is 0.0127. The van der Waals surface area contributed by atoms with Crippen molar-refractivity contribution in [1.29, 1.82) is 0 Å². The summed E-state index contributed by atoms with van der Waals surface area (Å²) in [6.07, 6.45) is 5.75. The highest BCUT2D eigenvalue weighted by molar-refractivity contribution is 5.48. The van der Waals surface area contributed by atoms with Crippen molar-refractivity contribution in [2.45, 2.75) is 39.3 Å². The van der Waals surface area contributed by atoms with E-state index in [-0.39, 0.29) is 23.7 Å². The number of benzene rings is 1. The fraction of sp³-hybridized carbons (Fsp3) is 0.409. The fourth-order valence-corrected chi connectivity index (χ4v) is 3.67. The summed E-state index contributed by atoms with van der Waals surface area (Å²) in [7, 11) is 1.34. The van der Waals surface area contributed by atoms with Crippen molar-refractivity contribution >= 4 is 11.8 Å². The van der Waals surface area contributed by atoms with Crippen molar-refractivity contribution in [2.24, 2.45) is 0 Å². The summed E-state index contributed by atoms with van der Waals surface area (Å²) in [6.45, 7) is 4.49. The van der Waals surface area contributed by atoms with Gasteiger partial charge in [-0.15, -0.1) is 0 Å². The molecule has 2 aromatic heterocycles. The first-order chi connectivity index (χ1) is 15.6. The van der Waals surface area contributed by atoms with Crippen molar-refractivity contribution in [3.8, 4) is 11.5 Å². The third-order valence-corrected chi connectivity index (χ3v) is 5.41. The summed E-state index contributed by atoms with van der Waals surface area (Å²) < 4.78 is 39.6. The van der Waals surface area contributed by atoms with Crippen LogP contribution in [0.15, 0.2) is 24.5 Å². The summed E-state index contributed by atoms with van der Waals surface area (Å²) in [5.41, 5.74) is 1.12.